The van der Waals surface area contributed by atoms with Crippen LogP contribution in [-0.2, 0) is 17.7 Å². The molecule has 4 N–H and O–H groups in total. The topological polar surface area (TPSA) is 126 Å². The molecule has 3 aromatic rings. The van der Waals surface area contributed by atoms with E-state index in [0.29, 0.717) is 48.4 Å². The van der Waals surface area contributed by atoms with Gasteiger partial charge >= 0.3 is 0 Å². The molecule has 0 bridgehead atoms. The zero-order valence-corrected chi connectivity index (χ0v) is 18.6. The van der Waals surface area contributed by atoms with Crippen LogP contribution in [0.15, 0.2) is 36.7 Å². The van der Waals surface area contributed by atoms with E-state index in [2.05, 4.69) is 25.2 Å². The lowest BCUT2D eigenvalue weighted by atomic mass is 10.1. The van der Waals surface area contributed by atoms with Crippen molar-refractivity contribution >= 4 is 28.1 Å². The Morgan fingerprint density at radius 1 is 1.31 bits per heavy atom. The van der Waals surface area contributed by atoms with Gasteiger partial charge < -0.3 is 20.9 Å². The van der Waals surface area contributed by atoms with Gasteiger partial charge in [0, 0.05) is 48.0 Å². The van der Waals surface area contributed by atoms with Crippen molar-refractivity contribution in [2.75, 3.05) is 31.6 Å². The van der Waals surface area contributed by atoms with Crippen LogP contribution in [0, 0.1) is 0 Å². The van der Waals surface area contributed by atoms with Crippen molar-refractivity contribution in [3.63, 3.8) is 0 Å². The van der Waals surface area contributed by atoms with Gasteiger partial charge in [0.2, 0.25) is 0 Å². The van der Waals surface area contributed by atoms with Crippen LogP contribution in [0.25, 0.3) is 10.4 Å². The fraction of sp³-hybridized carbons (Fsp3) is 0.364. The lowest BCUT2D eigenvalue weighted by Crippen LogP contribution is -2.36. The zero-order chi connectivity index (χ0) is 22.5. The monoisotopic (exact) mass is 454 g/mol. The van der Waals surface area contributed by atoms with Gasteiger partial charge in [0.1, 0.15) is 16.6 Å². The Labute approximate surface area is 190 Å². The zero-order valence-electron chi connectivity index (χ0n) is 17.8. The second kappa shape index (κ2) is 10.1. The van der Waals surface area contributed by atoms with Crippen LogP contribution in [0.1, 0.15) is 28.8 Å². The van der Waals surface area contributed by atoms with E-state index >= 15 is 0 Å². The van der Waals surface area contributed by atoms with E-state index in [1.165, 1.54) is 11.3 Å². The summed E-state index contributed by atoms with van der Waals surface area (Å²) in [6.07, 6.45) is 3.48. The van der Waals surface area contributed by atoms with Crippen molar-refractivity contribution in [3.05, 3.63) is 53.7 Å². The van der Waals surface area contributed by atoms with Crippen molar-refractivity contribution in [3.8, 4) is 10.4 Å². The second-order valence-electron chi connectivity index (χ2n) is 7.68. The van der Waals surface area contributed by atoms with Crippen molar-refractivity contribution < 1.29 is 14.6 Å². The number of aromatic nitrogens is 3. The van der Waals surface area contributed by atoms with Gasteiger partial charge in [-0.05, 0) is 25.1 Å². The number of morpholine rings is 1. The maximum atomic E-state index is 12.1. The SMILES string of the molecule is CC(O)Cc1ccc(-c2cc(C(N)=O)c(Nc3ccnc(CN4CCOCC4)n3)s2)cn1. The molecular weight excluding hydrogens is 428 g/mol. The molecule has 1 fully saturated rings. The number of amides is 1. The third-order valence-electron chi connectivity index (χ3n) is 5.03. The number of rotatable bonds is 8. The van der Waals surface area contributed by atoms with Crippen molar-refractivity contribution in [1.29, 1.82) is 0 Å². The Bertz CT molecular complexity index is 1060. The quantitative estimate of drug-likeness (QED) is 0.473. The number of aliphatic hydroxyl groups is 1. The van der Waals surface area contributed by atoms with Gasteiger partial charge in [-0.15, -0.1) is 11.3 Å². The van der Waals surface area contributed by atoms with Gasteiger partial charge in [0.25, 0.3) is 5.91 Å². The molecule has 32 heavy (non-hydrogen) atoms. The summed E-state index contributed by atoms with van der Waals surface area (Å²) in [6, 6.07) is 7.33. The first-order valence-electron chi connectivity index (χ1n) is 10.4. The van der Waals surface area contributed by atoms with Gasteiger partial charge in [-0.25, -0.2) is 9.97 Å². The fourth-order valence-corrected chi connectivity index (χ4v) is 4.48. The third kappa shape index (κ3) is 5.65. The van der Waals surface area contributed by atoms with Gasteiger partial charge in [0.05, 0.1) is 31.4 Å². The molecule has 1 amide bonds. The Kier molecular flexibility index (Phi) is 7.05. The summed E-state index contributed by atoms with van der Waals surface area (Å²) >= 11 is 1.41. The molecule has 0 saturated carbocycles. The summed E-state index contributed by atoms with van der Waals surface area (Å²) in [7, 11) is 0. The number of nitrogens with one attached hydrogen (secondary N) is 1. The molecule has 1 unspecified atom stereocenters. The van der Waals surface area contributed by atoms with Crippen molar-refractivity contribution in [2.45, 2.75) is 26.0 Å². The number of carbonyl (C=O) groups excluding carboxylic acids is 1. The molecule has 0 spiro atoms. The molecule has 9 nitrogen and oxygen atoms in total. The van der Waals surface area contributed by atoms with Crippen LogP contribution in [0.4, 0.5) is 10.8 Å². The summed E-state index contributed by atoms with van der Waals surface area (Å²) < 4.78 is 5.38. The fourth-order valence-electron chi connectivity index (χ4n) is 3.42. The van der Waals surface area contributed by atoms with Gasteiger partial charge in [-0.2, -0.15) is 0 Å². The van der Waals surface area contributed by atoms with E-state index in [0.717, 1.165) is 29.2 Å². The van der Waals surface area contributed by atoms with Crippen LogP contribution in [-0.4, -0.2) is 63.3 Å². The highest BCUT2D eigenvalue weighted by Gasteiger charge is 2.17. The van der Waals surface area contributed by atoms with E-state index in [9.17, 15) is 9.90 Å². The molecule has 0 aromatic carbocycles. The largest absolute Gasteiger partial charge is 0.393 e. The number of primary amides is 1. The maximum Gasteiger partial charge on any atom is 0.251 e. The first-order valence-corrected chi connectivity index (χ1v) is 11.3. The third-order valence-corrected chi connectivity index (χ3v) is 6.13. The second-order valence-corrected chi connectivity index (χ2v) is 8.73. The normalized spacial score (nSPS) is 15.4. The van der Waals surface area contributed by atoms with E-state index in [-0.39, 0.29) is 0 Å². The number of hydrogen-bond acceptors (Lipinski definition) is 9. The number of ether oxygens (including phenoxy) is 1. The highest BCUT2D eigenvalue weighted by atomic mass is 32.1. The summed E-state index contributed by atoms with van der Waals surface area (Å²) in [5.41, 5.74) is 7.70. The molecule has 4 heterocycles. The van der Waals surface area contributed by atoms with Crippen molar-refractivity contribution in [2.24, 2.45) is 5.73 Å². The van der Waals surface area contributed by atoms with Crippen LogP contribution in [0.2, 0.25) is 0 Å². The highest BCUT2D eigenvalue weighted by Crippen LogP contribution is 2.36. The molecule has 1 saturated heterocycles. The average Bonchev–Trinajstić information content (AvgIpc) is 3.19. The smallest absolute Gasteiger partial charge is 0.251 e. The number of carbonyl (C=O) groups is 1. The Balaban J connectivity index is 1.53. The van der Waals surface area contributed by atoms with Gasteiger partial charge in [-0.1, -0.05) is 6.07 Å². The molecule has 0 radical (unpaired) electrons. The minimum Gasteiger partial charge on any atom is -0.393 e. The number of nitrogens with zero attached hydrogens (tertiary/aromatic N) is 4. The molecule has 0 aliphatic carbocycles. The number of aliphatic hydroxyl groups excluding tert-OH is 1. The lowest BCUT2D eigenvalue weighted by Gasteiger charge is -2.25. The summed E-state index contributed by atoms with van der Waals surface area (Å²) in [6.45, 7) is 5.50. The summed E-state index contributed by atoms with van der Waals surface area (Å²) in [5, 5.41) is 13.4. The van der Waals surface area contributed by atoms with Gasteiger partial charge in [-0.3, -0.25) is 14.7 Å². The minimum absolute atomic E-state index is 0.395. The Morgan fingerprint density at radius 3 is 2.81 bits per heavy atom. The average molecular weight is 455 g/mol. The summed E-state index contributed by atoms with van der Waals surface area (Å²) in [4.78, 5) is 28.5. The highest BCUT2D eigenvalue weighted by molar-refractivity contribution is 7.19. The van der Waals surface area contributed by atoms with Crippen LogP contribution < -0.4 is 11.1 Å². The number of thiophene rings is 1. The minimum atomic E-state index is -0.517. The predicted molar refractivity (Wildman–Crippen MR) is 123 cm³/mol. The molecule has 3 aromatic heterocycles. The molecule has 10 heteroatoms. The number of anilines is 2. The first kappa shape index (κ1) is 22.3. The molecular formula is C22H26N6O3S. The maximum absolute atomic E-state index is 12.1. The summed E-state index contributed by atoms with van der Waals surface area (Å²) in [5.74, 6) is 0.785. The molecule has 1 atom stereocenters. The predicted octanol–water partition coefficient (Wildman–Crippen LogP) is 2.20. The number of pyridine rings is 1. The lowest BCUT2D eigenvalue weighted by molar-refractivity contribution is 0.0331. The van der Waals surface area contributed by atoms with E-state index in [4.69, 9.17) is 10.5 Å². The molecule has 1 aliphatic heterocycles. The van der Waals surface area contributed by atoms with E-state index < -0.39 is 12.0 Å². The van der Waals surface area contributed by atoms with Crippen LogP contribution in [0.3, 0.4) is 0 Å². The van der Waals surface area contributed by atoms with E-state index in [1.54, 1.807) is 31.5 Å². The molecule has 4 rings (SSSR count). The molecule has 168 valence electrons. The van der Waals surface area contributed by atoms with Crippen molar-refractivity contribution in [1.82, 2.24) is 19.9 Å². The number of nitrogens with two attached hydrogens (primary N) is 1. The van der Waals surface area contributed by atoms with Crippen LogP contribution in [0.5, 0.6) is 0 Å². The first-order chi connectivity index (χ1) is 15.5. The van der Waals surface area contributed by atoms with Crippen LogP contribution >= 0.6 is 11.3 Å². The Hall–Kier alpha value is -2.92. The van der Waals surface area contributed by atoms with E-state index in [1.807, 2.05) is 12.1 Å². The van der Waals surface area contributed by atoms with Gasteiger partial charge in [0.15, 0.2) is 0 Å². The standard InChI is InChI=1S/C22H26N6O3S/c1-14(29)10-16-3-2-15(12-25-16)18-11-17(21(23)30)22(32-18)27-19-4-5-24-20(26-19)13-28-6-8-31-9-7-28/h2-5,11-12,14,29H,6-10,13H2,1H3,(H2,23,30)(H,24,26,27). The Morgan fingerprint density at radius 2 is 2.12 bits per heavy atom. The molecule has 1 aliphatic rings. The number of hydrogen-bond donors (Lipinski definition) is 3.